The van der Waals surface area contributed by atoms with Gasteiger partial charge in [0.05, 0.1) is 6.26 Å². The van der Waals surface area contributed by atoms with Crippen molar-refractivity contribution in [3.63, 3.8) is 0 Å². The quantitative estimate of drug-likeness (QED) is 0.627. The highest BCUT2D eigenvalue weighted by Gasteiger charge is 1.92. The lowest BCUT2D eigenvalue weighted by atomic mass is 10.7. The lowest BCUT2D eigenvalue weighted by molar-refractivity contribution is -0.134. The molecule has 1 aromatic rings. The molecule has 0 fully saturated rings. The number of hydrogen-bond donors (Lipinski definition) is 2. The van der Waals surface area contributed by atoms with Gasteiger partial charge < -0.3 is 9.52 Å². The summed E-state index contributed by atoms with van der Waals surface area (Å²) in [7, 11) is -2.53. The molecule has 68 valence electrons. The van der Waals surface area contributed by atoms with Crippen molar-refractivity contribution >= 4 is 16.7 Å². The van der Waals surface area contributed by atoms with Crippen LogP contribution in [0.2, 0.25) is 0 Å². The predicted molar refractivity (Wildman–Crippen MR) is 40.6 cm³/mol. The molecule has 6 heteroatoms. The number of furan rings is 1. The molecule has 0 aliphatic heterocycles. The van der Waals surface area contributed by atoms with Gasteiger partial charge in [-0.1, -0.05) is 0 Å². The molecule has 0 atom stereocenters. The molecule has 0 aliphatic carbocycles. The monoisotopic (exact) mass is 192 g/mol. The van der Waals surface area contributed by atoms with E-state index in [0.29, 0.717) is 0 Å². The van der Waals surface area contributed by atoms with Gasteiger partial charge >= 0.3 is 0 Å². The van der Waals surface area contributed by atoms with Crippen LogP contribution >= 0.6 is 0 Å². The third kappa shape index (κ3) is 5.48. The summed E-state index contributed by atoms with van der Waals surface area (Å²) in [6.07, 6.45) is 1.32. The zero-order chi connectivity index (χ0) is 9.56. The molecule has 0 amide bonds. The Labute approximate surface area is 70.6 Å². The lowest BCUT2D eigenvalue weighted by Gasteiger charge is -1.72. The Bertz CT molecular complexity index is 286. The van der Waals surface area contributed by atoms with Gasteiger partial charge in [-0.25, -0.2) is 8.42 Å². The fraction of sp³-hybridized carbons (Fsp3) is 0.167. The first-order valence-electron chi connectivity index (χ1n) is 2.91. The molecular weight excluding hydrogens is 184 g/mol. The van der Waals surface area contributed by atoms with Gasteiger partial charge in [0.15, 0.2) is 0 Å². The summed E-state index contributed by atoms with van der Waals surface area (Å²) >= 11 is 0. The molecule has 0 saturated carbocycles. The summed E-state index contributed by atoms with van der Waals surface area (Å²) in [5, 5.41) is 7.43. The molecule has 0 bridgehead atoms. The Morgan fingerprint density at radius 1 is 1.58 bits per heavy atom. The lowest BCUT2D eigenvalue weighted by Crippen LogP contribution is -1.78. The van der Waals surface area contributed by atoms with E-state index in [1.165, 1.54) is 18.4 Å². The fourth-order valence-corrected chi connectivity index (χ4v) is 0.728. The smallest absolute Gasteiger partial charge is 0.300 e. The minimum atomic E-state index is -2.53. The second kappa shape index (κ2) is 5.36. The summed E-state index contributed by atoms with van der Waals surface area (Å²) in [5.74, 6) is -0.833. The number of aliphatic carboxylic acids is 1. The van der Waals surface area contributed by atoms with Crippen LogP contribution in [0.1, 0.15) is 6.92 Å². The van der Waals surface area contributed by atoms with E-state index in [9.17, 15) is 8.42 Å². The first-order chi connectivity index (χ1) is 5.54. The molecule has 0 saturated heterocycles. The van der Waals surface area contributed by atoms with E-state index < -0.39 is 16.7 Å². The number of rotatable bonds is 1. The molecule has 1 aromatic heterocycles. The van der Waals surface area contributed by atoms with E-state index in [1.807, 2.05) is 0 Å². The van der Waals surface area contributed by atoms with Crippen molar-refractivity contribution in [3.05, 3.63) is 18.4 Å². The minimum Gasteiger partial charge on any atom is -0.481 e. The highest BCUT2D eigenvalue weighted by atomic mass is 32.2. The Morgan fingerprint density at radius 3 is 2.25 bits per heavy atom. The predicted octanol–water partition coefficient (Wildman–Crippen LogP) is 0.341. The summed E-state index contributed by atoms with van der Waals surface area (Å²) in [4.78, 5) is 9.00. The zero-order valence-electron chi connectivity index (χ0n) is 6.26. The van der Waals surface area contributed by atoms with Crippen molar-refractivity contribution in [2.75, 3.05) is 0 Å². The number of carboxylic acid groups (broad SMARTS) is 1. The van der Waals surface area contributed by atoms with E-state index in [1.54, 1.807) is 0 Å². The largest absolute Gasteiger partial charge is 0.481 e. The standard InChI is InChI=1S/C4H4O3S.C2H4O2/c5-8(6)4-2-1-3-7-4;1-2(3)4/h1-3,8H;1H3,(H,3,4). The van der Waals surface area contributed by atoms with Crippen LogP contribution in [0.15, 0.2) is 27.9 Å². The third-order valence-corrected chi connectivity index (χ3v) is 1.30. The van der Waals surface area contributed by atoms with Crippen molar-refractivity contribution in [2.24, 2.45) is 0 Å². The maximum Gasteiger partial charge on any atom is 0.300 e. The number of hydrogen-bond acceptors (Lipinski definition) is 4. The molecule has 0 unspecified atom stereocenters. The van der Waals surface area contributed by atoms with Gasteiger partial charge in [-0.15, -0.1) is 0 Å². The number of carbonyl (C=O) groups is 1. The third-order valence-electron chi connectivity index (χ3n) is 0.686. The molecule has 1 rings (SSSR count). The molecule has 5 nitrogen and oxygen atoms in total. The second-order valence-electron chi connectivity index (χ2n) is 1.73. The molecule has 1 heterocycles. The maximum absolute atomic E-state index is 10.0. The number of thiol groups is 1. The van der Waals surface area contributed by atoms with Crippen LogP contribution in [0.5, 0.6) is 0 Å². The normalized spacial score (nSPS) is 8.83. The summed E-state index contributed by atoms with van der Waals surface area (Å²) in [6.45, 7) is 1.08. The van der Waals surface area contributed by atoms with Crippen LogP contribution in [0.25, 0.3) is 0 Å². The van der Waals surface area contributed by atoms with Gasteiger partial charge in [-0.2, -0.15) is 0 Å². The van der Waals surface area contributed by atoms with Crippen molar-refractivity contribution in [1.29, 1.82) is 0 Å². The van der Waals surface area contributed by atoms with E-state index in [4.69, 9.17) is 9.90 Å². The van der Waals surface area contributed by atoms with Crippen molar-refractivity contribution in [3.8, 4) is 0 Å². The maximum atomic E-state index is 10.0. The van der Waals surface area contributed by atoms with Gasteiger partial charge in [0.25, 0.3) is 5.97 Å². The molecule has 0 radical (unpaired) electrons. The molecule has 1 N–H and O–H groups in total. The fourth-order valence-electron chi connectivity index (χ4n) is 0.374. The Balaban J connectivity index is 0.000000261. The van der Waals surface area contributed by atoms with Crippen LogP contribution < -0.4 is 0 Å². The minimum absolute atomic E-state index is 0.0139. The van der Waals surface area contributed by atoms with Gasteiger partial charge in [0.1, 0.15) is 0 Å². The average molecular weight is 192 g/mol. The molecular formula is C6H8O5S. The van der Waals surface area contributed by atoms with Crippen molar-refractivity contribution < 1.29 is 22.7 Å². The highest BCUT2D eigenvalue weighted by molar-refractivity contribution is 7.72. The summed E-state index contributed by atoms with van der Waals surface area (Å²) < 4.78 is 24.5. The first-order valence-corrected chi connectivity index (χ1v) is 4.09. The zero-order valence-corrected chi connectivity index (χ0v) is 7.15. The Morgan fingerprint density at radius 2 is 2.08 bits per heavy atom. The van der Waals surface area contributed by atoms with Crippen LogP contribution in [0.3, 0.4) is 0 Å². The summed E-state index contributed by atoms with van der Waals surface area (Å²) in [5.41, 5.74) is 0. The van der Waals surface area contributed by atoms with Crippen LogP contribution in [0, 0.1) is 0 Å². The SMILES string of the molecule is CC(=O)O.O=[SH](=O)c1ccco1. The molecule has 0 aromatic carbocycles. The van der Waals surface area contributed by atoms with Gasteiger partial charge in [0.2, 0.25) is 15.8 Å². The van der Waals surface area contributed by atoms with Gasteiger partial charge in [0, 0.05) is 6.92 Å². The Hall–Kier alpha value is -1.30. The Kier molecular flexibility index (Phi) is 4.78. The molecule has 0 aliphatic rings. The first kappa shape index (κ1) is 10.7. The average Bonchev–Trinajstić information content (AvgIpc) is 2.34. The van der Waals surface area contributed by atoms with E-state index in [0.717, 1.165) is 6.92 Å². The molecule has 0 spiro atoms. The summed E-state index contributed by atoms with van der Waals surface area (Å²) in [6, 6.07) is 2.92. The van der Waals surface area contributed by atoms with Crippen LogP contribution in [-0.4, -0.2) is 19.5 Å². The van der Waals surface area contributed by atoms with Gasteiger partial charge in [-0.3, -0.25) is 4.79 Å². The number of carboxylic acids is 1. The van der Waals surface area contributed by atoms with Crippen LogP contribution in [-0.2, 0) is 15.5 Å². The van der Waals surface area contributed by atoms with E-state index >= 15 is 0 Å². The highest BCUT2D eigenvalue weighted by Crippen LogP contribution is 1.98. The van der Waals surface area contributed by atoms with Gasteiger partial charge in [-0.05, 0) is 12.1 Å². The van der Waals surface area contributed by atoms with E-state index in [-0.39, 0.29) is 5.09 Å². The second-order valence-corrected chi connectivity index (χ2v) is 2.68. The molecule has 12 heavy (non-hydrogen) atoms. The van der Waals surface area contributed by atoms with Crippen molar-refractivity contribution in [2.45, 2.75) is 12.0 Å². The van der Waals surface area contributed by atoms with E-state index in [2.05, 4.69) is 4.42 Å². The topological polar surface area (TPSA) is 84.6 Å². The van der Waals surface area contributed by atoms with Crippen LogP contribution in [0.4, 0.5) is 0 Å². The van der Waals surface area contributed by atoms with Crippen molar-refractivity contribution in [1.82, 2.24) is 0 Å².